The van der Waals surface area contributed by atoms with Crippen LogP contribution in [0.25, 0.3) is 0 Å². The zero-order valence-corrected chi connectivity index (χ0v) is 11.9. The van der Waals surface area contributed by atoms with E-state index in [2.05, 4.69) is 27.7 Å². The first-order valence-electron chi connectivity index (χ1n) is 5.40. The lowest BCUT2D eigenvalue weighted by Crippen LogP contribution is -2.26. The maximum absolute atomic E-state index is 12.0. The van der Waals surface area contributed by atoms with Gasteiger partial charge in [-0.3, -0.25) is 9.59 Å². The van der Waals surface area contributed by atoms with Crippen molar-refractivity contribution in [1.29, 1.82) is 0 Å². The quantitative estimate of drug-likeness (QED) is 0.626. The van der Waals surface area contributed by atoms with Gasteiger partial charge in [0.2, 0.25) is 0 Å². The summed E-state index contributed by atoms with van der Waals surface area (Å²) in [7, 11) is 0. The molecule has 0 unspecified atom stereocenters. The normalized spacial score (nSPS) is 10.3. The average Bonchev–Trinajstić information content (AvgIpc) is 2.34. The predicted octanol–water partition coefficient (Wildman–Crippen LogP) is 2.04. The number of aromatic nitrogens is 2. The number of rotatable bonds is 3. The SMILES string of the molecule is Cc1ccc(=O)n(CC(=O)c2ccc(I)cc2)n1. The molecule has 2 aromatic rings. The Hall–Kier alpha value is -1.50. The van der Waals surface area contributed by atoms with Crippen molar-refractivity contribution in [3.63, 3.8) is 0 Å². The lowest BCUT2D eigenvalue weighted by atomic mass is 10.1. The van der Waals surface area contributed by atoms with Gasteiger partial charge in [0.15, 0.2) is 5.78 Å². The molecular formula is C13H11IN2O2. The van der Waals surface area contributed by atoms with Crippen molar-refractivity contribution in [1.82, 2.24) is 9.78 Å². The van der Waals surface area contributed by atoms with Crippen molar-refractivity contribution < 1.29 is 4.79 Å². The van der Waals surface area contributed by atoms with Crippen molar-refractivity contribution >= 4 is 28.4 Å². The Kier molecular flexibility index (Phi) is 3.90. The van der Waals surface area contributed by atoms with Gasteiger partial charge in [-0.1, -0.05) is 12.1 Å². The Morgan fingerprint density at radius 3 is 2.56 bits per heavy atom. The van der Waals surface area contributed by atoms with Crippen LogP contribution in [0, 0.1) is 10.5 Å². The van der Waals surface area contributed by atoms with E-state index < -0.39 is 0 Å². The minimum absolute atomic E-state index is 0.0267. The standard InChI is InChI=1S/C13H11IN2O2/c1-9-2-7-13(18)16(15-9)8-12(17)10-3-5-11(14)6-4-10/h2-7H,8H2,1H3. The maximum Gasteiger partial charge on any atom is 0.267 e. The van der Waals surface area contributed by atoms with Crippen LogP contribution >= 0.6 is 22.6 Å². The number of hydrogen-bond donors (Lipinski definition) is 0. The number of hydrogen-bond acceptors (Lipinski definition) is 3. The van der Waals surface area contributed by atoms with E-state index in [4.69, 9.17) is 0 Å². The van der Waals surface area contributed by atoms with Crippen molar-refractivity contribution in [2.75, 3.05) is 0 Å². The van der Waals surface area contributed by atoms with E-state index in [1.165, 1.54) is 10.7 Å². The summed E-state index contributed by atoms with van der Waals surface area (Å²) in [4.78, 5) is 23.5. The molecule has 4 nitrogen and oxygen atoms in total. The van der Waals surface area contributed by atoms with E-state index in [-0.39, 0.29) is 17.9 Å². The number of aryl methyl sites for hydroxylation is 1. The Labute approximate surface area is 118 Å². The molecule has 92 valence electrons. The van der Waals surface area contributed by atoms with E-state index in [9.17, 15) is 9.59 Å². The minimum Gasteiger partial charge on any atom is -0.292 e. The molecule has 0 spiro atoms. The first-order valence-corrected chi connectivity index (χ1v) is 6.48. The van der Waals surface area contributed by atoms with Gasteiger partial charge in [-0.2, -0.15) is 5.10 Å². The van der Waals surface area contributed by atoms with Gasteiger partial charge in [0.05, 0.1) is 5.69 Å². The molecule has 0 radical (unpaired) electrons. The van der Waals surface area contributed by atoms with E-state index >= 15 is 0 Å². The van der Waals surface area contributed by atoms with Gasteiger partial charge in [-0.05, 0) is 47.7 Å². The molecular weight excluding hydrogens is 343 g/mol. The molecule has 0 atom stereocenters. The smallest absolute Gasteiger partial charge is 0.267 e. The fourth-order valence-corrected chi connectivity index (χ4v) is 1.89. The van der Waals surface area contributed by atoms with E-state index in [1.54, 1.807) is 25.1 Å². The molecule has 1 aromatic carbocycles. The second-order valence-corrected chi connectivity index (χ2v) is 5.15. The number of halogens is 1. The largest absolute Gasteiger partial charge is 0.292 e. The molecule has 0 aliphatic carbocycles. The van der Waals surface area contributed by atoms with Gasteiger partial charge in [0, 0.05) is 15.2 Å². The number of Topliss-reactive ketones (excluding diaryl/α,β-unsaturated/α-hetero) is 1. The monoisotopic (exact) mass is 354 g/mol. The summed E-state index contributed by atoms with van der Waals surface area (Å²) in [5.41, 5.74) is 1.04. The van der Waals surface area contributed by atoms with Crippen molar-refractivity contribution in [3.05, 3.63) is 61.6 Å². The van der Waals surface area contributed by atoms with Crippen LogP contribution in [-0.2, 0) is 6.54 Å². The van der Waals surface area contributed by atoms with Crippen LogP contribution in [0.3, 0.4) is 0 Å². The molecule has 0 aliphatic rings. The van der Waals surface area contributed by atoms with Gasteiger partial charge in [0.25, 0.3) is 5.56 Å². The Morgan fingerprint density at radius 1 is 1.22 bits per heavy atom. The molecule has 0 bridgehead atoms. The molecule has 0 N–H and O–H groups in total. The van der Waals surface area contributed by atoms with Crippen molar-refractivity contribution in [3.8, 4) is 0 Å². The number of carbonyl (C=O) groups excluding carboxylic acids is 1. The summed E-state index contributed by atoms with van der Waals surface area (Å²) >= 11 is 2.17. The van der Waals surface area contributed by atoms with Gasteiger partial charge in [0.1, 0.15) is 6.54 Å². The zero-order valence-electron chi connectivity index (χ0n) is 9.76. The topological polar surface area (TPSA) is 52.0 Å². The molecule has 18 heavy (non-hydrogen) atoms. The van der Waals surface area contributed by atoms with Crippen LogP contribution in [0.1, 0.15) is 16.1 Å². The van der Waals surface area contributed by atoms with Crippen LogP contribution in [0.5, 0.6) is 0 Å². The third-order valence-electron chi connectivity index (χ3n) is 2.46. The third-order valence-corrected chi connectivity index (χ3v) is 3.18. The van der Waals surface area contributed by atoms with Gasteiger partial charge in [-0.15, -0.1) is 0 Å². The van der Waals surface area contributed by atoms with Crippen molar-refractivity contribution in [2.24, 2.45) is 0 Å². The Morgan fingerprint density at radius 2 is 1.89 bits per heavy atom. The molecule has 1 heterocycles. The first kappa shape index (κ1) is 12.9. The molecule has 2 rings (SSSR count). The molecule has 5 heteroatoms. The second-order valence-electron chi connectivity index (χ2n) is 3.90. The van der Waals surface area contributed by atoms with Crippen LogP contribution in [0.4, 0.5) is 0 Å². The van der Waals surface area contributed by atoms with Gasteiger partial charge >= 0.3 is 0 Å². The highest BCUT2D eigenvalue weighted by molar-refractivity contribution is 14.1. The Bertz CT molecular complexity index is 632. The molecule has 0 saturated heterocycles. The summed E-state index contributed by atoms with van der Waals surface area (Å²) in [6, 6.07) is 10.3. The summed E-state index contributed by atoms with van der Waals surface area (Å²) in [5.74, 6) is -0.119. The summed E-state index contributed by atoms with van der Waals surface area (Å²) in [5, 5.41) is 4.04. The molecule has 0 saturated carbocycles. The number of carbonyl (C=O) groups is 1. The number of ketones is 1. The summed E-state index contributed by atoms with van der Waals surface area (Å²) in [6.45, 7) is 1.76. The van der Waals surface area contributed by atoms with E-state index in [0.29, 0.717) is 11.3 Å². The zero-order chi connectivity index (χ0) is 13.1. The minimum atomic E-state index is -0.264. The molecule has 1 aromatic heterocycles. The highest BCUT2D eigenvalue weighted by atomic mass is 127. The van der Waals surface area contributed by atoms with Crippen molar-refractivity contribution in [2.45, 2.75) is 13.5 Å². The van der Waals surface area contributed by atoms with Crippen LogP contribution in [-0.4, -0.2) is 15.6 Å². The average molecular weight is 354 g/mol. The maximum atomic E-state index is 12.0. The van der Waals surface area contributed by atoms with E-state index in [0.717, 1.165) is 3.57 Å². The lowest BCUT2D eigenvalue weighted by molar-refractivity contribution is 0.0965. The summed E-state index contributed by atoms with van der Waals surface area (Å²) in [6.07, 6.45) is 0. The highest BCUT2D eigenvalue weighted by Gasteiger charge is 2.08. The molecule has 0 amide bonds. The second kappa shape index (κ2) is 5.43. The lowest BCUT2D eigenvalue weighted by Gasteiger charge is -2.04. The van der Waals surface area contributed by atoms with E-state index in [1.807, 2.05) is 12.1 Å². The number of nitrogens with zero attached hydrogens (tertiary/aromatic N) is 2. The predicted molar refractivity (Wildman–Crippen MR) is 76.7 cm³/mol. The highest BCUT2D eigenvalue weighted by Crippen LogP contribution is 2.07. The number of benzene rings is 1. The first-order chi connectivity index (χ1) is 8.56. The molecule has 0 fully saturated rings. The van der Waals surface area contributed by atoms with Crippen LogP contribution in [0.2, 0.25) is 0 Å². The van der Waals surface area contributed by atoms with Gasteiger partial charge < -0.3 is 0 Å². The van der Waals surface area contributed by atoms with Crippen LogP contribution in [0.15, 0.2) is 41.2 Å². The van der Waals surface area contributed by atoms with Gasteiger partial charge in [-0.25, -0.2) is 4.68 Å². The summed E-state index contributed by atoms with van der Waals surface area (Å²) < 4.78 is 2.25. The fourth-order valence-electron chi connectivity index (χ4n) is 1.53. The molecule has 0 aliphatic heterocycles. The fraction of sp³-hybridized carbons (Fsp3) is 0.154. The third kappa shape index (κ3) is 3.04. The Balaban J connectivity index is 2.24. The van der Waals surface area contributed by atoms with Crippen LogP contribution < -0.4 is 5.56 Å².